The molecule has 0 aliphatic carbocycles. The summed E-state index contributed by atoms with van der Waals surface area (Å²) < 4.78 is 2.24. The Morgan fingerprint density at radius 3 is 2.44 bits per heavy atom. The summed E-state index contributed by atoms with van der Waals surface area (Å²) in [5.74, 6) is -0.559. The van der Waals surface area contributed by atoms with Gasteiger partial charge in [-0.05, 0) is 17.7 Å². The molecule has 3 aromatic rings. The summed E-state index contributed by atoms with van der Waals surface area (Å²) >= 11 is 12.0. The van der Waals surface area contributed by atoms with E-state index in [9.17, 15) is 14.4 Å². The van der Waals surface area contributed by atoms with E-state index >= 15 is 0 Å². The second kappa shape index (κ2) is 8.24. The topological polar surface area (TPSA) is 73.1 Å². The van der Waals surface area contributed by atoms with Crippen molar-refractivity contribution in [2.24, 2.45) is 0 Å². The van der Waals surface area contributed by atoms with Crippen LogP contribution >= 0.6 is 23.2 Å². The van der Waals surface area contributed by atoms with E-state index in [0.717, 1.165) is 10.1 Å². The van der Waals surface area contributed by atoms with Gasteiger partial charge in [-0.3, -0.25) is 18.7 Å². The molecule has 0 saturated carbocycles. The number of halogens is 2. The molecule has 0 radical (unpaired) electrons. The molecule has 0 unspecified atom stereocenters. The number of rotatable bonds is 5. The van der Waals surface area contributed by atoms with E-state index in [4.69, 9.17) is 23.2 Å². The molecule has 3 rings (SSSR count). The summed E-state index contributed by atoms with van der Waals surface area (Å²) in [6.45, 7) is -0.141. The molecule has 1 amide bonds. The van der Waals surface area contributed by atoms with Gasteiger partial charge in [0, 0.05) is 12.3 Å². The van der Waals surface area contributed by atoms with Crippen LogP contribution in [0.3, 0.4) is 0 Å². The first-order chi connectivity index (χ1) is 13.0. The largest absolute Gasteiger partial charge is 0.331 e. The zero-order chi connectivity index (χ0) is 19.4. The van der Waals surface area contributed by atoms with Crippen LogP contribution in [0.25, 0.3) is 0 Å². The number of nitrogens with one attached hydrogen (secondary N) is 1. The van der Waals surface area contributed by atoms with E-state index in [2.05, 4.69) is 5.32 Å². The van der Waals surface area contributed by atoms with Gasteiger partial charge in [0.25, 0.3) is 5.56 Å². The fraction of sp³-hybridized carbons (Fsp3) is 0.105. The summed E-state index contributed by atoms with van der Waals surface area (Å²) in [5, 5.41) is 3.04. The van der Waals surface area contributed by atoms with Crippen LogP contribution in [0.4, 0.5) is 5.69 Å². The van der Waals surface area contributed by atoms with E-state index in [0.29, 0.717) is 12.2 Å². The van der Waals surface area contributed by atoms with Crippen molar-refractivity contribution in [2.75, 3.05) is 5.32 Å². The molecule has 1 N–H and O–H groups in total. The summed E-state index contributed by atoms with van der Waals surface area (Å²) in [4.78, 5) is 37.0. The Balaban J connectivity index is 1.83. The van der Waals surface area contributed by atoms with Crippen molar-refractivity contribution in [2.45, 2.75) is 13.1 Å². The van der Waals surface area contributed by atoms with Gasteiger partial charge >= 0.3 is 5.69 Å². The van der Waals surface area contributed by atoms with E-state index in [1.807, 2.05) is 30.3 Å². The Bertz CT molecular complexity index is 1090. The van der Waals surface area contributed by atoms with Crippen LogP contribution in [-0.2, 0) is 17.9 Å². The van der Waals surface area contributed by atoms with E-state index < -0.39 is 23.7 Å². The van der Waals surface area contributed by atoms with Gasteiger partial charge in [0.2, 0.25) is 5.91 Å². The number of amides is 1. The number of benzene rings is 2. The van der Waals surface area contributed by atoms with Gasteiger partial charge in [0.1, 0.15) is 6.54 Å². The van der Waals surface area contributed by atoms with Crippen molar-refractivity contribution in [1.29, 1.82) is 0 Å². The van der Waals surface area contributed by atoms with Crippen LogP contribution in [0.5, 0.6) is 0 Å². The Labute approximate surface area is 164 Å². The number of aromatic nitrogens is 2. The quantitative estimate of drug-likeness (QED) is 0.711. The average molecular weight is 404 g/mol. The molecular weight excluding hydrogens is 389 g/mol. The minimum atomic E-state index is -0.571. The lowest BCUT2D eigenvalue weighted by molar-refractivity contribution is -0.116. The van der Waals surface area contributed by atoms with E-state index in [-0.39, 0.29) is 10.0 Å². The molecular formula is C19H15Cl2N3O3. The minimum absolute atomic E-state index is 0.189. The number of carbonyl (C=O) groups is 1. The van der Waals surface area contributed by atoms with Crippen molar-refractivity contribution in [3.05, 3.63) is 97.2 Å². The number of anilines is 1. The fourth-order valence-electron chi connectivity index (χ4n) is 2.54. The highest BCUT2D eigenvalue weighted by Gasteiger charge is 2.12. The third kappa shape index (κ3) is 4.48. The van der Waals surface area contributed by atoms with Gasteiger partial charge in [0.05, 0.1) is 22.3 Å². The standard InChI is InChI=1S/C19H15Cl2N3O3/c20-14-7-4-8-15(18(14)21)22-16(25)12-24-17(26)9-10-23(19(24)27)11-13-5-2-1-3-6-13/h1-10H,11-12H2,(H,22,25). The molecule has 0 fully saturated rings. The van der Waals surface area contributed by atoms with Gasteiger partial charge in [-0.15, -0.1) is 0 Å². The second-order valence-corrected chi connectivity index (χ2v) is 6.57. The number of hydrogen-bond donors (Lipinski definition) is 1. The SMILES string of the molecule is O=C(Cn1c(=O)ccn(Cc2ccccc2)c1=O)Nc1cccc(Cl)c1Cl. The van der Waals surface area contributed by atoms with Crippen molar-refractivity contribution >= 4 is 34.8 Å². The third-order valence-electron chi connectivity index (χ3n) is 3.86. The molecule has 138 valence electrons. The summed E-state index contributed by atoms with van der Waals surface area (Å²) in [5.41, 5.74) is 0.0815. The first-order valence-corrected chi connectivity index (χ1v) is 8.79. The molecule has 0 bridgehead atoms. The molecule has 0 spiro atoms. The van der Waals surface area contributed by atoms with Gasteiger partial charge in [-0.25, -0.2) is 4.79 Å². The Kier molecular flexibility index (Phi) is 5.78. The molecule has 0 aliphatic heterocycles. The Morgan fingerprint density at radius 1 is 0.963 bits per heavy atom. The van der Waals surface area contributed by atoms with Crippen molar-refractivity contribution in [3.63, 3.8) is 0 Å². The maximum absolute atomic E-state index is 12.6. The molecule has 6 nitrogen and oxygen atoms in total. The van der Waals surface area contributed by atoms with Crippen molar-refractivity contribution in [3.8, 4) is 0 Å². The molecule has 27 heavy (non-hydrogen) atoms. The summed E-state index contributed by atoms with van der Waals surface area (Å²) in [6.07, 6.45) is 1.42. The monoisotopic (exact) mass is 403 g/mol. The summed E-state index contributed by atoms with van der Waals surface area (Å²) in [6, 6.07) is 15.4. The van der Waals surface area contributed by atoms with Gasteiger partial charge in [-0.2, -0.15) is 0 Å². The average Bonchev–Trinajstić information content (AvgIpc) is 2.66. The number of nitrogens with zero attached hydrogens (tertiary/aromatic N) is 2. The Hall–Kier alpha value is -2.83. The van der Waals surface area contributed by atoms with Crippen LogP contribution < -0.4 is 16.6 Å². The smallest absolute Gasteiger partial charge is 0.323 e. The number of hydrogen-bond acceptors (Lipinski definition) is 3. The first-order valence-electron chi connectivity index (χ1n) is 8.04. The molecule has 1 aromatic heterocycles. The predicted molar refractivity (Wildman–Crippen MR) is 106 cm³/mol. The predicted octanol–water partition coefficient (Wildman–Crippen LogP) is 3.00. The lowest BCUT2D eigenvalue weighted by Gasteiger charge is -2.11. The molecule has 0 saturated heterocycles. The van der Waals surface area contributed by atoms with Crippen LogP contribution in [-0.4, -0.2) is 15.0 Å². The maximum Gasteiger partial charge on any atom is 0.331 e. The lowest BCUT2D eigenvalue weighted by atomic mass is 10.2. The van der Waals surface area contributed by atoms with Crippen molar-refractivity contribution in [1.82, 2.24) is 9.13 Å². The van der Waals surface area contributed by atoms with Crippen molar-refractivity contribution < 1.29 is 4.79 Å². The van der Waals surface area contributed by atoms with Gasteiger partial charge in [0.15, 0.2) is 0 Å². The molecule has 8 heteroatoms. The molecule has 2 aromatic carbocycles. The highest BCUT2D eigenvalue weighted by Crippen LogP contribution is 2.29. The zero-order valence-corrected chi connectivity index (χ0v) is 15.6. The van der Waals surface area contributed by atoms with Gasteiger partial charge in [-0.1, -0.05) is 59.6 Å². The molecule has 0 aliphatic rings. The van der Waals surface area contributed by atoms with E-state index in [1.54, 1.807) is 18.2 Å². The van der Waals surface area contributed by atoms with Crippen LogP contribution in [0.15, 0.2) is 70.4 Å². The van der Waals surface area contributed by atoms with Crippen LogP contribution in [0.2, 0.25) is 10.0 Å². The van der Waals surface area contributed by atoms with Gasteiger partial charge < -0.3 is 5.32 Å². The normalized spacial score (nSPS) is 10.6. The second-order valence-electron chi connectivity index (χ2n) is 5.79. The van der Waals surface area contributed by atoms with Crippen LogP contribution in [0, 0.1) is 0 Å². The minimum Gasteiger partial charge on any atom is -0.323 e. The molecule has 1 heterocycles. The number of carbonyl (C=O) groups excluding carboxylic acids is 1. The van der Waals surface area contributed by atoms with E-state index in [1.165, 1.54) is 16.8 Å². The maximum atomic E-state index is 12.6. The fourth-order valence-corrected chi connectivity index (χ4v) is 2.88. The van der Waals surface area contributed by atoms with Crippen LogP contribution in [0.1, 0.15) is 5.56 Å². The molecule has 0 atom stereocenters. The zero-order valence-electron chi connectivity index (χ0n) is 14.1. The highest BCUT2D eigenvalue weighted by molar-refractivity contribution is 6.43. The Morgan fingerprint density at radius 2 is 1.70 bits per heavy atom. The highest BCUT2D eigenvalue weighted by atomic mass is 35.5. The lowest BCUT2D eigenvalue weighted by Crippen LogP contribution is -2.41. The first kappa shape index (κ1) is 18.9. The third-order valence-corrected chi connectivity index (χ3v) is 4.68. The summed E-state index contributed by atoms with van der Waals surface area (Å²) in [7, 11) is 0.